The lowest BCUT2D eigenvalue weighted by Gasteiger charge is -2.19. The van der Waals surface area contributed by atoms with Crippen molar-refractivity contribution in [2.75, 3.05) is 7.11 Å². The van der Waals surface area contributed by atoms with E-state index in [0.29, 0.717) is 16.9 Å². The van der Waals surface area contributed by atoms with Crippen LogP contribution in [0.25, 0.3) is 0 Å². The van der Waals surface area contributed by atoms with E-state index >= 15 is 0 Å². The maximum Gasteiger partial charge on any atom is 0.173 e. The van der Waals surface area contributed by atoms with Crippen molar-refractivity contribution < 1.29 is 13.5 Å². The van der Waals surface area contributed by atoms with Crippen molar-refractivity contribution in [1.82, 2.24) is 10.4 Å². The number of ether oxygens (including phenoxy) is 1. The van der Waals surface area contributed by atoms with Crippen molar-refractivity contribution in [2.24, 2.45) is 5.84 Å². The monoisotopic (exact) mass is 343 g/mol. The Morgan fingerprint density at radius 2 is 2.10 bits per heavy atom. The lowest BCUT2D eigenvalue weighted by molar-refractivity contribution is 0.411. The van der Waals surface area contributed by atoms with Gasteiger partial charge in [-0.25, -0.2) is 14.2 Å². The smallest absolute Gasteiger partial charge is 0.173 e. The van der Waals surface area contributed by atoms with E-state index in [1.165, 1.54) is 19.4 Å². The minimum absolute atomic E-state index is 0.0169. The lowest BCUT2D eigenvalue weighted by atomic mass is 10.0. The summed E-state index contributed by atoms with van der Waals surface area (Å²) >= 11 is 3.04. The van der Waals surface area contributed by atoms with Crippen LogP contribution in [0.4, 0.5) is 8.78 Å². The third-order valence-electron chi connectivity index (χ3n) is 2.85. The minimum Gasteiger partial charge on any atom is -0.495 e. The molecule has 0 amide bonds. The molecule has 0 fully saturated rings. The van der Waals surface area contributed by atoms with E-state index in [2.05, 4.69) is 26.3 Å². The Kier molecular flexibility index (Phi) is 4.64. The highest BCUT2D eigenvalue weighted by molar-refractivity contribution is 9.10. The van der Waals surface area contributed by atoms with Gasteiger partial charge in [-0.15, -0.1) is 0 Å². The molecule has 7 heteroatoms. The number of hydrogen-bond acceptors (Lipinski definition) is 4. The Morgan fingerprint density at radius 3 is 2.75 bits per heavy atom. The van der Waals surface area contributed by atoms with Crippen LogP contribution in [0.5, 0.6) is 5.75 Å². The fraction of sp³-hybridized carbons (Fsp3) is 0.154. The Bertz CT molecular complexity index is 625. The number of nitrogens with zero attached hydrogens (tertiary/aromatic N) is 1. The van der Waals surface area contributed by atoms with Gasteiger partial charge >= 0.3 is 0 Å². The number of nitrogens with two attached hydrogens (primary N) is 1. The summed E-state index contributed by atoms with van der Waals surface area (Å²) in [5.41, 5.74) is 3.68. The first-order valence-corrected chi connectivity index (χ1v) is 6.46. The molecule has 0 radical (unpaired) electrons. The van der Waals surface area contributed by atoms with Crippen molar-refractivity contribution in [2.45, 2.75) is 6.04 Å². The Balaban J connectivity index is 2.49. The van der Waals surface area contributed by atoms with Crippen LogP contribution in [0.1, 0.15) is 17.2 Å². The number of rotatable bonds is 4. The van der Waals surface area contributed by atoms with E-state index in [0.717, 1.165) is 6.07 Å². The SMILES string of the molecule is COc1cncc(C(NN)c2ccc(F)c(F)c2Br)c1. The van der Waals surface area contributed by atoms with Gasteiger partial charge < -0.3 is 4.74 Å². The molecule has 0 saturated heterocycles. The van der Waals surface area contributed by atoms with E-state index in [1.54, 1.807) is 12.3 Å². The fourth-order valence-corrected chi connectivity index (χ4v) is 2.38. The molecule has 106 valence electrons. The predicted octanol–water partition coefficient (Wildman–Crippen LogP) is 2.68. The molecule has 1 atom stereocenters. The quantitative estimate of drug-likeness (QED) is 0.509. The van der Waals surface area contributed by atoms with Crippen LogP contribution in [0.15, 0.2) is 35.1 Å². The second kappa shape index (κ2) is 6.25. The molecule has 1 aromatic carbocycles. The number of halogens is 3. The average molecular weight is 344 g/mol. The second-order valence-corrected chi connectivity index (χ2v) is 4.82. The van der Waals surface area contributed by atoms with Crippen LogP contribution < -0.4 is 16.0 Å². The van der Waals surface area contributed by atoms with Gasteiger partial charge in [0.1, 0.15) is 5.75 Å². The lowest BCUT2D eigenvalue weighted by Crippen LogP contribution is -2.29. The van der Waals surface area contributed by atoms with E-state index in [-0.39, 0.29) is 4.47 Å². The summed E-state index contributed by atoms with van der Waals surface area (Å²) in [5, 5.41) is 0. The van der Waals surface area contributed by atoms with Crippen molar-refractivity contribution in [1.29, 1.82) is 0 Å². The van der Waals surface area contributed by atoms with Crippen molar-refractivity contribution in [3.63, 3.8) is 0 Å². The number of pyridine rings is 1. The standard InChI is InChI=1S/C13H12BrF2N3O/c1-20-8-4-7(5-18-6-8)13(19-17)9-2-3-10(15)12(16)11(9)14/h2-6,13,19H,17H2,1H3. The zero-order chi connectivity index (χ0) is 14.7. The molecule has 0 aliphatic carbocycles. The first kappa shape index (κ1) is 14.8. The summed E-state index contributed by atoms with van der Waals surface area (Å²) in [7, 11) is 1.51. The van der Waals surface area contributed by atoms with E-state index < -0.39 is 17.7 Å². The summed E-state index contributed by atoms with van der Waals surface area (Å²) in [6.07, 6.45) is 3.11. The highest BCUT2D eigenvalue weighted by Gasteiger charge is 2.20. The van der Waals surface area contributed by atoms with Crippen LogP contribution in [-0.4, -0.2) is 12.1 Å². The first-order valence-electron chi connectivity index (χ1n) is 5.67. The van der Waals surface area contributed by atoms with Crippen molar-refractivity contribution in [3.05, 3.63) is 57.8 Å². The number of nitrogens with one attached hydrogen (secondary N) is 1. The van der Waals surface area contributed by atoms with Gasteiger partial charge in [-0.3, -0.25) is 10.8 Å². The zero-order valence-corrected chi connectivity index (χ0v) is 12.1. The van der Waals surface area contributed by atoms with Gasteiger partial charge in [-0.2, -0.15) is 0 Å². The molecule has 1 unspecified atom stereocenters. The molecular formula is C13H12BrF2N3O. The second-order valence-electron chi connectivity index (χ2n) is 4.02. The van der Waals surface area contributed by atoms with E-state index in [1.807, 2.05) is 0 Å². The Hall–Kier alpha value is -1.57. The molecule has 3 N–H and O–H groups in total. The van der Waals surface area contributed by atoms with E-state index in [4.69, 9.17) is 10.6 Å². The minimum atomic E-state index is -0.960. The highest BCUT2D eigenvalue weighted by Crippen LogP contribution is 2.31. The van der Waals surface area contributed by atoms with Gasteiger partial charge in [0.05, 0.1) is 23.8 Å². The van der Waals surface area contributed by atoms with E-state index in [9.17, 15) is 8.78 Å². The van der Waals surface area contributed by atoms with Crippen LogP contribution in [-0.2, 0) is 0 Å². The van der Waals surface area contributed by atoms with Gasteiger partial charge in [0.25, 0.3) is 0 Å². The largest absolute Gasteiger partial charge is 0.495 e. The summed E-state index contributed by atoms with van der Waals surface area (Å²) < 4.78 is 31.9. The van der Waals surface area contributed by atoms with Gasteiger partial charge in [0, 0.05) is 6.20 Å². The number of benzene rings is 1. The van der Waals surface area contributed by atoms with Crippen molar-refractivity contribution >= 4 is 15.9 Å². The number of methoxy groups -OCH3 is 1. The molecule has 1 aromatic heterocycles. The number of aromatic nitrogens is 1. The van der Waals surface area contributed by atoms with Crippen molar-refractivity contribution in [3.8, 4) is 5.75 Å². The molecular weight excluding hydrogens is 332 g/mol. The summed E-state index contributed by atoms with van der Waals surface area (Å²) in [6, 6.07) is 3.66. The van der Waals surface area contributed by atoms with Crippen LogP contribution in [0.2, 0.25) is 0 Å². The summed E-state index contributed by atoms with van der Waals surface area (Å²) in [6.45, 7) is 0. The molecule has 2 aromatic rings. The van der Waals surface area contributed by atoms with Gasteiger partial charge in [0.15, 0.2) is 11.6 Å². The third-order valence-corrected chi connectivity index (χ3v) is 3.65. The molecule has 0 bridgehead atoms. The fourth-order valence-electron chi connectivity index (χ4n) is 1.83. The van der Waals surface area contributed by atoms with Crippen LogP contribution in [0, 0.1) is 11.6 Å². The number of hydrazine groups is 1. The van der Waals surface area contributed by atoms with Gasteiger partial charge in [-0.1, -0.05) is 6.07 Å². The predicted molar refractivity (Wildman–Crippen MR) is 74.0 cm³/mol. The zero-order valence-electron chi connectivity index (χ0n) is 10.5. The normalized spacial score (nSPS) is 12.2. The first-order chi connectivity index (χ1) is 9.58. The molecule has 4 nitrogen and oxygen atoms in total. The maximum absolute atomic E-state index is 13.6. The summed E-state index contributed by atoms with van der Waals surface area (Å²) in [4.78, 5) is 4.02. The Labute approximate surface area is 123 Å². The molecule has 0 aliphatic heterocycles. The highest BCUT2D eigenvalue weighted by atomic mass is 79.9. The van der Waals surface area contributed by atoms with Gasteiger partial charge in [-0.05, 0) is 39.2 Å². The molecule has 1 heterocycles. The van der Waals surface area contributed by atoms with Crippen LogP contribution in [0.3, 0.4) is 0 Å². The third kappa shape index (κ3) is 2.79. The molecule has 2 rings (SSSR count). The molecule has 20 heavy (non-hydrogen) atoms. The van der Waals surface area contributed by atoms with Crippen LogP contribution >= 0.6 is 15.9 Å². The molecule has 0 saturated carbocycles. The average Bonchev–Trinajstić information content (AvgIpc) is 2.48. The maximum atomic E-state index is 13.6. The molecule has 0 spiro atoms. The topological polar surface area (TPSA) is 60.2 Å². The summed E-state index contributed by atoms with van der Waals surface area (Å²) in [5.74, 6) is 4.18. The Morgan fingerprint density at radius 1 is 1.35 bits per heavy atom. The number of hydrogen-bond donors (Lipinski definition) is 2. The van der Waals surface area contributed by atoms with Gasteiger partial charge in [0.2, 0.25) is 0 Å². The molecule has 0 aliphatic rings.